The highest BCUT2D eigenvalue weighted by Gasteiger charge is 2.44. The van der Waals surface area contributed by atoms with E-state index in [0.29, 0.717) is 6.42 Å². The van der Waals surface area contributed by atoms with E-state index in [-0.39, 0.29) is 30.3 Å². The number of cyclic esters (lactones) is 1. The first-order chi connectivity index (χ1) is 16.8. The largest absolute Gasteiger partial charge is 0.458 e. The average Bonchev–Trinajstić information content (AvgIpc) is 3.46. The summed E-state index contributed by atoms with van der Waals surface area (Å²) in [5, 5.41) is 22.7. The van der Waals surface area contributed by atoms with Gasteiger partial charge in [0.15, 0.2) is 0 Å². The van der Waals surface area contributed by atoms with Crippen molar-refractivity contribution in [2.75, 3.05) is 6.26 Å². The third-order valence-electron chi connectivity index (χ3n) is 7.68. The molecule has 1 aromatic heterocycles. The van der Waals surface area contributed by atoms with Crippen LogP contribution in [0.2, 0.25) is 0 Å². The summed E-state index contributed by atoms with van der Waals surface area (Å²) in [6, 6.07) is 0. The fraction of sp³-hybridized carbons (Fsp3) is 0.741. The number of carbonyl (C=O) groups is 2. The zero-order valence-corrected chi connectivity index (χ0v) is 24.1. The van der Waals surface area contributed by atoms with E-state index in [9.17, 15) is 19.8 Å². The van der Waals surface area contributed by atoms with E-state index in [4.69, 9.17) is 9.47 Å². The number of ether oxygens (including phenoxy) is 2. The standard InChI is InChI=1S/C27H41NO6S2/c1-14-9-8-10-19-21(33-19)12-20(15(2)11-18-26(35-7)36-17(4)28-18)34-23(30)13-22(29)27(5,6)25(32)16(3)24(14)31/h11,14,16,19-22,24,29,31H,8-10,12-13H2,1-7H3/b15-11+/t14-,16+,19+,20-,21-,22-,24-/m0/s1. The minimum atomic E-state index is -1.23. The Labute approximate surface area is 223 Å². The van der Waals surface area contributed by atoms with Gasteiger partial charge in [0.05, 0.1) is 51.2 Å². The molecule has 202 valence electrons. The fourth-order valence-corrected chi connectivity index (χ4v) is 6.61. The highest BCUT2D eigenvalue weighted by molar-refractivity contribution is 8.00. The van der Waals surface area contributed by atoms with Crippen molar-refractivity contribution in [1.82, 2.24) is 4.98 Å². The zero-order valence-electron chi connectivity index (χ0n) is 22.4. The first-order valence-electron chi connectivity index (χ1n) is 12.8. The van der Waals surface area contributed by atoms with E-state index in [1.165, 1.54) is 0 Å². The molecule has 0 aromatic carbocycles. The molecule has 3 rings (SSSR count). The van der Waals surface area contributed by atoms with Gasteiger partial charge in [-0.1, -0.05) is 34.1 Å². The van der Waals surface area contributed by atoms with Crippen molar-refractivity contribution in [2.45, 2.75) is 108 Å². The SMILES string of the molecule is CSc1sc(C)nc1/C=C(\C)[C@@H]1C[C@@H]2O[C@@H]2CCC[C@H](C)[C@H](O)[C@@H](C)C(=O)C(C)(C)[C@@H](O)CC(=O)O1. The van der Waals surface area contributed by atoms with Gasteiger partial charge in [0.1, 0.15) is 11.9 Å². The highest BCUT2D eigenvalue weighted by atomic mass is 32.2. The summed E-state index contributed by atoms with van der Waals surface area (Å²) in [4.78, 5) is 30.8. The van der Waals surface area contributed by atoms with Crippen LogP contribution in [-0.2, 0) is 19.1 Å². The van der Waals surface area contributed by atoms with Crippen LogP contribution in [0.1, 0.15) is 77.4 Å². The molecular formula is C27H41NO6S2. The van der Waals surface area contributed by atoms with Crippen molar-refractivity contribution in [1.29, 1.82) is 0 Å². The van der Waals surface area contributed by atoms with Crippen LogP contribution in [0, 0.1) is 24.2 Å². The lowest BCUT2D eigenvalue weighted by Crippen LogP contribution is -2.45. The predicted molar refractivity (Wildman–Crippen MR) is 143 cm³/mol. The highest BCUT2D eigenvalue weighted by Crippen LogP contribution is 2.37. The van der Waals surface area contributed by atoms with Gasteiger partial charge in [-0.25, -0.2) is 4.98 Å². The van der Waals surface area contributed by atoms with Gasteiger partial charge in [-0.05, 0) is 50.5 Å². The van der Waals surface area contributed by atoms with E-state index in [1.807, 2.05) is 33.1 Å². The molecule has 0 saturated carbocycles. The Morgan fingerprint density at radius 1 is 1.19 bits per heavy atom. The Hall–Kier alpha value is -1.26. The molecular weight excluding hydrogens is 498 g/mol. The van der Waals surface area contributed by atoms with E-state index >= 15 is 0 Å². The summed E-state index contributed by atoms with van der Waals surface area (Å²) in [5.74, 6) is -1.52. The number of ketones is 1. The van der Waals surface area contributed by atoms with Crippen LogP contribution in [0.5, 0.6) is 0 Å². The summed E-state index contributed by atoms with van der Waals surface area (Å²) >= 11 is 3.27. The van der Waals surface area contributed by atoms with E-state index in [2.05, 4.69) is 4.98 Å². The number of fused-ring (bicyclic) bond motifs is 1. The molecule has 0 radical (unpaired) electrons. The van der Waals surface area contributed by atoms with Gasteiger partial charge in [0.2, 0.25) is 0 Å². The van der Waals surface area contributed by atoms with Crippen molar-refractivity contribution in [3.05, 3.63) is 16.3 Å². The summed E-state index contributed by atoms with van der Waals surface area (Å²) < 4.78 is 12.9. The molecule has 7 nitrogen and oxygen atoms in total. The Balaban J connectivity index is 1.85. The monoisotopic (exact) mass is 539 g/mol. The van der Waals surface area contributed by atoms with Crippen LogP contribution in [0.15, 0.2) is 9.78 Å². The summed E-state index contributed by atoms with van der Waals surface area (Å²) in [5.41, 5.74) is 0.536. The number of thiazole rings is 1. The maximum absolute atomic E-state index is 13.2. The van der Waals surface area contributed by atoms with Crippen molar-refractivity contribution >= 4 is 40.9 Å². The maximum atomic E-state index is 13.2. The molecule has 2 aliphatic heterocycles. The second kappa shape index (κ2) is 12.1. The molecule has 1 aromatic rings. The van der Waals surface area contributed by atoms with Crippen LogP contribution in [-0.4, -0.2) is 63.7 Å². The molecule has 7 atom stereocenters. The van der Waals surface area contributed by atoms with E-state index < -0.39 is 35.6 Å². The van der Waals surface area contributed by atoms with Crippen molar-refractivity contribution in [3.63, 3.8) is 0 Å². The molecule has 0 unspecified atom stereocenters. The fourth-order valence-electron chi connectivity index (χ4n) is 4.98. The van der Waals surface area contributed by atoms with Gasteiger partial charge in [0.25, 0.3) is 0 Å². The van der Waals surface area contributed by atoms with Crippen molar-refractivity contribution in [3.8, 4) is 0 Å². The van der Waals surface area contributed by atoms with Gasteiger partial charge >= 0.3 is 5.97 Å². The lowest BCUT2D eigenvalue weighted by Gasteiger charge is -2.34. The Morgan fingerprint density at radius 2 is 1.89 bits per heavy atom. The first kappa shape index (κ1) is 29.3. The third kappa shape index (κ3) is 6.98. The number of Topliss-reactive ketones (excluding diaryl/α,β-unsaturated/α-hetero) is 1. The number of nitrogens with zero attached hydrogens (tertiary/aromatic N) is 1. The lowest BCUT2D eigenvalue weighted by atomic mass is 9.73. The molecule has 2 saturated heterocycles. The molecule has 0 aliphatic carbocycles. The number of carbonyl (C=O) groups excluding carboxylic acids is 2. The number of esters is 1. The molecule has 0 amide bonds. The van der Waals surface area contributed by atoms with Crippen LogP contribution >= 0.6 is 23.1 Å². The smallest absolute Gasteiger partial charge is 0.309 e. The van der Waals surface area contributed by atoms with Crippen LogP contribution < -0.4 is 0 Å². The van der Waals surface area contributed by atoms with Gasteiger partial charge in [0, 0.05) is 12.3 Å². The van der Waals surface area contributed by atoms with Crippen LogP contribution in [0.3, 0.4) is 0 Å². The number of aliphatic hydroxyl groups excluding tert-OH is 2. The average molecular weight is 540 g/mol. The second-order valence-corrected chi connectivity index (χ2v) is 13.2. The number of hydrogen-bond donors (Lipinski definition) is 2. The van der Waals surface area contributed by atoms with Gasteiger partial charge in [-0.3, -0.25) is 9.59 Å². The number of aromatic nitrogens is 1. The third-order valence-corrected chi connectivity index (χ3v) is 9.79. The minimum Gasteiger partial charge on any atom is -0.458 e. The molecule has 9 heteroatoms. The molecule has 36 heavy (non-hydrogen) atoms. The van der Waals surface area contributed by atoms with Crippen molar-refractivity contribution < 1.29 is 29.3 Å². The van der Waals surface area contributed by atoms with Gasteiger partial charge < -0.3 is 19.7 Å². The Morgan fingerprint density at radius 3 is 2.56 bits per heavy atom. The molecule has 0 spiro atoms. The molecule has 3 heterocycles. The first-order valence-corrected chi connectivity index (χ1v) is 14.8. The Kier molecular flexibility index (Phi) is 9.82. The van der Waals surface area contributed by atoms with Gasteiger partial charge in [-0.2, -0.15) is 0 Å². The topological polar surface area (TPSA) is 109 Å². The molecule has 0 bridgehead atoms. The number of aryl methyl sites for hydroxylation is 1. The number of aliphatic hydroxyl groups is 2. The zero-order chi connectivity index (χ0) is 26.8. The van der Waals surface area contributed by atoms with E-state index in [0.717, 1.165) is 39.7 Å². The summed E-state index contributed by atoms with van der Waals surface area (Å²) in [6.07, 6.45) is 4.28. The molecule has 2 N–H and O–H groups in total. The Bertz CT molecular complexity index is 973. The minimum absolute atomic E-state index is 0.00154. The normalized spacial score (nSPS) is 34.7. The number of epoxide rings is 1. The van der Waals surface area contributed by atoms with Crippen molar-refractivity contribution in [2.24, 2.45) is 17.3 Å². The molecule has 2 aliphatic rings. The van der Waals surface area contributed by atoms with Crippen LogP contribution in [0.4, 0.5) is 0 Å². The summed E-state index contributed by atoms with van der Waals surface area (Å²) in [7, 11) is 0. The van der Waals surface area contributed by atoms with Crippen LogP contribution in [0.25, 0.3) is 6.08 Å². The van der Waals surface area contributed by atoms with Gasteiger partial charge in [-0.15, -0.1) is 23.1 Å². The number of thioether (sulfide) groups is 1. The number of hydrogen-bond acceptors (Lipinski definition) is 9. The molecule has 2 fully saturated rings. The number of rotatable bonds is 3. The predicted octanol–water partition coefficient (Wildman–Crippen LogP) is 4.81. The maximum Gasteiger partial charge on any atom is 0.309 e. The quantitative estimate of drug-likeness (QED) is 0.320. The summed E-state index contributed by atoms with van der Waals surface area (Å²) in [6.45, 7) is 10.8. The second-order valence-electron chi connectivity index (χ2n) is 10.9. The lowest BCUT2D eigenvalue weighted by molar-refractivity contribution is -0.154. The van der Waals surface area contributed by atoms with E-state index in [1.54, 1.807) is 43.9 Å².